The van der Waals surface area contributed by atoms with Gasteiger partial charge in [0.1, 0.15) is 0 Å². The van der Waals surface area contributed by atoms with E-state index in [-0.39, 0.29) is 17.7 Å². The standard InChI is InChI=1S/C10H18N2O2/c1-8(2)14-9(13)12-6-5-11-10(7-12)3-4-10/h8,11H,3-7H2,1-2H3. The number of amides is 1. The van der Waals surface area contributed by atoms with Crippen LogP contribution >= 0.6 is 0 Å². The van der Waals surface area contributed by atoms with E-state index in [1.165, 1.54) is 12.8 Å². The van der Waals surface area contributed by atoms with Gasteiger partial charge in [0.15, 0.2) is 0 Å². The van der Waals surface area contributed by atoms with Crippen LogP contribution in [0.5, 0.6) is 0 Å². The minimum atomic E-state index is -0.159. The Bertz CT molecular complexity index is 236. The number of hydrogen-bond donors (Lipinski definition) is 1. The number of carbonyl (C=O) groups excluding carboxylic acids is 1. The van der Waals surface area contributed by atoms with Crippen LogP contribution in [0.25, 0.3) is 0 Å². The normalized spacial score (nSPS) is 24.1. The third kappa shape index (κ3) is 2.00. The molecule has 1 N–H and O–H groups in total. The first-order valence-corrected chi connectivity index (χ1v) is 5.32. The largest absolute Gasteiger partial charge is 0.447 e. The zero-order valence-electron chi connectivity index (χ0n) is 8.88. The molecule has 0 aromatic carbocycles. The third-order valence-corrected chi connectivity index (χ3v) is 2.82. The molecule has 4 nitrogen and oxygen atoms in total. The maximum Gasteiger partial charge on any atom is 0.410 e. The molecular formula is C10H18N2O2. The number of carbonyl (C=O) groups is 1. The Morgan fingerprint density at radius 2 is 2.21 bits per heavy atom. The summed E-state index contributed by atoms with van der Waals surface area (Å²) in [5.74, 6) is 0. The van der Waals surface area contributed by atoms with Crippen molar-refractivity contribution in [2.45, 2.75) is 38.3 Å². The number of nitrogens with one attached hydrogen (secondary N) is 1. The van der Waals surface area contributed by atoms with E-state index in [1.54, 1.807) is 0 Å². The van der Waals surface area contributed by atoms with Crippen molar-refractivity contribution in [1.29, 1.82) is 0 Å². The third-order valence-electron chi connectivity index (χ3n) is 2.82. The number of hydrogen-bond acceptors (Lipinski definition) is 3. The summed E-state index contributed by atoms with van der Waals surface area (Å²) in [6.07, 6.45) is 2.21. The Labute approximate surface area is 84.6 Å². The lowest BCUT2D eigenvalue weighted by Crippen LogP contribution is -2.54. The molecular weight excluding hydrogens is 180 g/mol. The van der Waals surface area contributed by atoms with Crippen LogP contribution in [0.15, 0.2) is 0 Å². The molecule has 14 heavy (non-hydrogen) atoms. The topological polar surface area (TPSA) is 41.6 Å². The molecule has 0 aromatic rings. The second-order valence-electron chi connectivity index (χ2n) is 4.56. The van der Waals surface area contributed by atoms with Crippen LogP contribution in [-0.2, 0) is 4.74 Å². The molecule has 0 bridgehead atoms. The molecule has 80 valence electrons. The van der Waals surface area contributed by atoms with Gasteiger partial charge < -0.3 is 15.0 Å². The van der Waals surface area contributed by atoms with Crippen LogP contribution in [0.3, 0.4) is 0 Å². The summed E-state index contributed by atoms with van der Waals surface area (Å²) in [4.78, 5) is 13.4. The van der Waals surface area contributed by atoms with Crippen molar-refractivity contribution >= 4 is 6.09 Å². The average Bonchev–Trinajstić information content (AvgIpc) is 2.84. The van der Waals surface area contributed by atoms with Gasteiger partial charge in [0, 0.05) is 25.2 Å². The quantitative estimate of drug-likeness (QED) is 0.682. The van der Waals surface area contributed by atoms with Gasteiger partial charge in [-0.25, -0.2) is 4.79 Å². The molecule has 1 saturated heterocycles. The summed E-state index contributed by atoms with van der Waals surface area (Å²) < 4.78 is 5.17. The Kier molecular flexibility index (Phi) is 2.39. The zero-order valence-corrected chi connectivity index (χ0v) is 8.88. The molecule has 2 rings (SSSR count). The van der Waals surface area contributed by atoms with Gasteiger partial charge >= 0.3 is 6.09 Å². The second kappa shape index (κ2) is 3.42. The Hall–Kier alpha value is -0.770. The molecule has 1 spiro atoms. The van der Waals surface area contributed by atoms with E-state index < -0.39 is 0 Å². The van der Waals surface area contributed by atoms with Crippen molar-refractivity contribution in [1.82, 2.24) is 10.2 Å². The van der Waals surface area contributed by atoms with Gasteiger partial charge in [0.25, 0.3) is 0 Å². The predicted molar refractivity (Wildman–Crippen MR) is 53.2 cm³/mol. The molecule has 1 aliphatic carbocycles. The second-order valence-corrected chi connectivity index (χ2v) is 4.56. The van der Waals surface area contributed by atoms with Gasteiger partial charge in [-0.1, -0.05) is 0 Å². The first-order chi connectivity index (χ1) is 6.61. The highest BCUT2D eigenvalue weighted by Crippen LogP contribution is 2.37. The van der Waals surface area contributed by atoms with E-state index >= 15 is 0 Å². The fourth-order valence-corrected chi connectivity index (χ4v) is 1.87. The summed E-state index contributed by atoms with van der Waals surface area (Å²) in [5.41, 5.74) is 0.244. The maximum absolute atomic E-state index is 11.6. The van der Waals surface area contributed by atoms with E-state index in [2.05, 4.69) is 5.32 Å². The van der Waals surface area contributed by atoms with Gasteiger partial charge in [-0.15, -0.1) is 0 Å². The van der Waals surface area contributed by atoms with Gasteiger partial charge in [0.2, 0.25) is 0 Å². The number of nitrogens with zero attached hydrogens (tertiary/aromatic N) is 1. The number of piperazine rings is 1. The Morgan fingerprint density at radius 3 is 2.79 bits per heavy atom. The summed E-state index contributed by atoms with van der Waals surface area (Å²) in [7, 11) is 0. The van der Waals surface area contributed by atoms with Crippen molar-refractivity contribution in [3.63, 3.8) is 0 Å². The fourth-order valence-electron chi connectivity index (χ4n) is 1.87. The summed E-state index contributed by atoms with van der Waals surface area (Å²) in [6.45, 7) is 6.25. The Balaban J connectivity index is 1.87. The maximum atomic E-state index is 11.6. The average molecular weight is 198 g/mol. The van der Waals surface area contributed by atoms with Crippen molar-refractivity contribution < 1.29 is 9.53 Å². The zero-order chi connectivity index (χ0) is 10.2. The molecule has 4 heteroatoms. The van der Waals surface area contributed by atoms with Crippen LogP contribution in [0.2, 0.25) is 0 Å². The van der Waals surface area contributed by atoms with Crippen LogP contribution in [0, 0.1) is 0 Å². The van der Waals surface area contributed by atoms with Crippen molar-refractivity contribution in [3.8, 4) is 0 Å². The van der Waals surface area contributed by atoms with Gasteiger partial charge in [-0.05, 0) is 26.7 Å². The molecule has 2 aliphatic rings. The summed E-state index contributed by atoms with van der Waals surface area (Å²) in [6, 6.07) is 0. The summed E-state index contributed by atoms with van der Waals surface area (Å²) in [5, 5.41) is 3.46. The highest BCUT2D eigenvalue weighted by Gasteiger charge is 2.46. The van der Waals surface area contributed by atoms with E-state index in [1.807, 2.05) is 18.7 Å². The van der Waals surface area contributed by atoms with E-state index in [0.29, 0.717) is 0 Å². The van der Waals surface area contributed by atoms with Crippen LogP contribution in [0.1, 0.15) is 26.7 Å². The number of ether oxygens (including phenoxy) is 1. The molecule has 1 heterocycles. The first-order valence-electron chi connectivity index (χ1n) is 5.32. The molecule has 1 aliphatic heterocycles. The van der Waals surface area contributed by atoms with Gasteiger partial charge in [-0.3, -0.25) is 0 Å². The van der Waals surface area contributed by atoms with Gasteiger partial charge in [-0.2, -0.15) is 0 Å². The monoisotopic (exact) mass is 198 g/mol. The molecule has 0 aromatic heterocycles. The lowest BCUT2D eigenvalue weighted by molar-refractivity contribution is 0.0656. The van der Waals surface area contributed by atoms with Crippen LogP contribution in [-0.4, -0.2) is 42.3 Å². The molecule has 0 atom stereocenters. The highest BCUT2D eigenvalue weighted by atomic mass is 16.6. The van der Waals surface area contributed by atoms with E-state index in [0.717, 1.165) is 19.6 Å². The van der Waals surface area contributed by atoms with Gasteiger partial charge in [0.05, 0.1) is 6.10 Å². The predicted octanol–water partition coefficient (Wildman–Crippen LogP) is 0.969. The first kappa shape index (κ1) is 9.77. The fraction of sp³-hybridized carbons (Fsp3) is 0.900. The minimum Gasteiger partial charge on any atom is -0.447 e. The molecule has 1 amide bonds. The van der Waals surface area contributed by atoms with Crippen molar-refractivity contribution in [2.24, 2.45) is 0 Å². The molecule has 0 unspecified atom stereocenters. The van der Waals surface area contributed by atoms with Crippen molar-refractivity contribution in [2.75, 3.05) is 19.6 Å². The lowest BCUT2D eigenvalue weighted by Gasteiger charge is -2.33. The summed E-state index contributed by atoms with van der Waals surface area (Å²) >= 11 is 0. The molecule has 1 saturated carbocycles. The van der Waals surface area contributed by atoms with E-state index in [4.69, 9.17) is 4.74 Å². The lowest BCUT2D eigenvalue weighted by atomic mass is 10.2. The highest BCUT2D eigenvalue weighted by molar-refractivity contribution is 5.68. The SMILES string of the molecule is CC(C)OC(=O)N1CCNC2(CC2)C1. The smallest absolute Gasteiger partial charge is 0.410 e. The minimum absolute atomic E-state index is 0.0208. The van der Waals surface area contributed by atoms with E-state index in [9.17, 15) is 4.79 Å². The molecule has 0 radical (unpaired) electrons. The number of rotatable bonds is 1. The van der Waals surface area contributed by atoms with Crippen LogP contribution < -0.4 is 5.32 Å². The van der Waals surface area contributed by atoms with Crippen LogP contribution in [0.4, 0.5) is 4.79 Å². The Morgan fingerprint density at radius 1 is 1.50 bits per heavy atom. The van der Waals surface area contributed by atoms with Crippen molar-refractivity contribution in [3.05, 3.63) is 0 Å². The molecule has 2 fully saturated rings.